The molecule has 1 saturated carbocycles. The van der Waals surface area contributed by atoms with Crippen molar-refractivity contribution in [2.75, 3.05) is 13.6 Å². The van der Waals surface area contributed by atoms with E-state index in [1.54, 1.807) is 6.07 Å². The third-order valence-corrected chi connectivity index (χ3v) is 4.16. The molecular formula is C16H21N4O2+. The van der Waals surface area contributed by atoms with E-state index in [9.17, 15) is 9.59 Å². The summed E-state index contributed by atoms with van der Waals surface area (Å²) in [4.78, 5) is 32.4. The lowest BCUT2D eigenvalue weighted by molar-refractivity contribution is -0.903. The lowest BCUT2D eigenvalue weighted by Crippen LogP contribution is -3.10. The van der Waals surface area contributed by atoms with Gasteiger partial charge in [0.1, 0.15) is 6.04 Å². The van der Waals surface area contributed by atoms with E-state index in [1.165, 1.54) is 0 Å². The van der Waals surface area contributed by atoms with Crippen molar-refractivity contribution in [3.05, 3.63) is 40.4 Å². The number of likely N-dealkylation sites (N-methyl/N-ethyl adjacent to an activating group) is 1. The molecule has 1 fully saturated rings. The predicted molar refractivity (Wildman–Crippen MR) is 83.7 cm³/mol. The van der Waals surface area contributed by atoms with Gasteiger partial charge in [0, 0.05) is 6.04 Å². The van der Waals surface area contributed by atoms with Crippen molar-refractivity contribution >= 4 is 16.8 Å². The number of aromatic amines is 1. The van der Waals surface area contributed by atoms with Gasteiger partial charge in [-0.1, -0.05) is 12.1 Å². The van der Waals surface area contributed by atoms with Crippen molar-refractivity contribution in [2.45, 2.75) is 31.8 Å². The van der Waals surface area contributed by atoms with Crippen molar-refractivity contribution in [1.82, 2.24) is 15.3 Å². The van der Waals surface area contributed by atoms with Gasteiger partial charge in [-0.2, -0.15) is 0 Å². The van der Waals surface area contributed by atoms with Crippen LogP contribution >= 0.6 is 0 Å². The van der Waals surface area contributed by atoms with Crippen LogP contribution in [0.3, 0.4) is 0 Å². The summed E-state index contributed by atoms with van der Waals surface area (Å²) in [5, 5.41) is 3.57. The maximum Gasteiger partial charge on any atom is 0.275 e. The van der Waals surface area contributed by atoms with Crippen molar-refractivity contribution in [3.8, 4) is 0 Å². The van der Waals surface area contributed by atoms with Gasteiger partial charge in [-0.25, -0.2) is 4.98 Å². The summed E-state index contributed by atoms with van der Waals surface area (Å²) in [5.41, 5.74) is 0.547. The average Bonchev–Trinajstić information content (AvgIpc) is 3.30. The van der Waals surface area contributed by atoms with Crippen LogP contribution < -0.4 is 15.8 Å². The molecule has 1 aromatic carbocycles. The quantitative estimate of drug-likeness (QED) is 0.714. The fraction of sp³-hybridized carbons (Fsp3) is 0.438. The van der Waals surface area contributed by atoms with E-state index < -0.39 is 0 Å². The number of aromatic nitrogens is 2. The van der Waals surface area contributed by atoms with E-state index >= 15 is 0 Å². The molecule has 2 aromatic rings. The smallest absolute Gasteiger partial charge is 0.275 e. The number of amides is 1. The molecule has 3 rings (SSSR count). The zero-order valence-corrected chi connectivity index (χ0v) is 12.8. The van der Waals surface area contributed by atoms with Crippen molar-refractivity contribution < 1.29 is 9.69 Å². The number of H-pyrrole nitrogens is 1. The summed E-state index contributed by atoms with van der Waals surface area (Å²) in [7, 11) is 1.94. The molecule has 1 aliphatic rings. The number of benzene rings is 1. The molecule has 22 heavy (non-hydrogen) atoms. The minimum atomic E-state index is -0.136. The Kier molecular flexibility index (Phi) is 3.94. The van der Waals surface area contributed by atoms with Crippen LogP contribution in [0.5, 0.6) is 0 Å². The van der Waals surface area contributed by atoms with E-state index in [-0.39, 0.29) is 17.5 Å². The summed E-state index contributed by atoms with van der Waals surface area (Å²) >= 11 is 0. The highest BCUT2D eigenvalue weighted by Crippen LogP contribution is 2.18. The largest absolute Gasteiger partial charge is 0.348 e. The van der Waals surface area contributed by atoms with Gasteiger partial charge in [0.25, 0.3) is 11.5 Å². The summed E-state index contributed by atoms with van der Waals surface area (Å²) in [6, 6.07) is 7.58. The molecule has 0 spiro atoms. The van der Waals surface area contributed by atoms with Crippen LogP contribution in [0.4, 0.5) is 0 Å². The second kappa shape index (κ2) is 5.88. The molecule has 6 nitrogen and oxygen atoms in total. The van der Waals surface area contributed by atoms with Crippen LogP contribution in [-0.2, 0) is 4.79 Å². The molecule has 1 aromatic heterocycles. The number of fused-ring (bicyclic) bond motifs is 1. The first-order chi connectivity index (χ1) is 10.5. The Morgan fingerprint density at radius 3 is 2.91 bits per heavy atom. The molecule has 1 unspecified atom stereocenters. The molecule has 116 valence electrons. The van der Waals surface area contributed by atoms with Crippen LogP contribution in [0.15, 0.2) is 29.1 Å². The van der Waals surface area contributed by atoms with E-state index in [0.29, 0.717) is 29.3 Å². The minimum absolute atomic E-state index is 0.0509. The number of para-hydroxylation sites is 1. The van der Waals surface area contributed by atoms with Gasteiger partial charge in [-0.05, 0) is 31.9 Å². The fourth-order valence-corrected chi connectivity index (χ4v) is 2.46. The predicted octanol–water partition coefficient (Wildman–Crippen LogP) is -0.223. The van der Waals surface area contributed by atoms with Gasteiger partial charge in [0.05, 0.1) is 18.0 Å². The summed E-state index contributed by atoms with van der Waals surface area (Å²) in [5.74, 6) is 0.662. The first-order valence-electron chi connectivity index (χ1n) is 7.65. The first-order valence-corrected chi connectivity index (χ1v) is 7.65. The Bertz CT molecular complexity index is 751. The fourth-order valence-electron chi connectivity index (χ4n) is 2.46. The third-order valence-electron chi connectivity index (χ3n) is 4.16. The monoisotopic (exact) mass is 301 g/mol. The molecule has 0 aliphatic heterocycles. The number of hydrogen-bond acceptors (Lipinski definition) is 3. The average molecular weight is 301 g/mol. The summed E-state index contributed by atoms with van der Waals surface area (Å²) in [6.07, 6.45) is 2.17. The molecule has 2 atom stereocenters. The standard InChI is InChI=1S/C16H20N4O2/c1-10(20(2)9-14(21)17-11-7-8-11)15-18-13-6-4-3-5-12(13)16(22)19-15/h3-6,10-11H,7-9H2,1-2H3,(H,17,21)(H,18,19,22)/p+1/t10-/m0/s1. The van der Waals surface area contributed by atoms with E-state index in [0.717, 1.165) is 17.7 Å². The van der Waals surface area contributed by atoms with Gasteiger partial charge in [0.15, 0.2) is 12.4 Å². The lowest BCUT2D eigenvalue weighted by Gasteiger charge is -2.20. The zero-order valence-electron chi connectivity index (χ0n) is 12.8. The Morgan fingerprint density at radius 2 is 2.18 bits per heavy atom. The topological polar surface area (TPSA) is 79.3 Å². The second-order valence-corrected chi connectivity index (χ2v) is 6.05. The molecule has 0 radical (unpaired) electrons. The Balaban J connectivity index is 1.77. The molecule has 0 bridgehead atoms. The molecule has 0 saturated heterocycles. The van der Waals surface area contributed by atoms with Gasteiger partial charge < -0.3 is 15.2 Å². The SMILES string of the molecule is C[C@@H](c1nc2ccccc2c(=O)[nH]1)[NH+](C)CC(=O)NC1CC1. The van der Waals surface area contributed by atoms with Gasteiger partial charge in [-0.3, -0.25) is 9.59 Å². The normalized spacial score (nSPS) is 17.2. The number of nitrogens with one attached hydrogen (secondary N) is 3. The minimum Gasteiger partial charge on any atom is -0.348 e. The van der Waals surface area contributed by atoms with Crippen molar-refractivity contribution in [2.24, 2.45) is 0 Å². The molecular weight excluding hydrogens is 280 g/mol. The number of carbonyl (C=O) groups excluding carboxylic acids is 1. The van der Waals surface area contributed by atoms with Gasteiger partial charge in [0.2, 0.25) is 0 Å². The van der Waals surface area contributed by atoms with E-state index in [2.05, 4.69) is 15.3 Å². The molecule has 3 N–H and O–H groups in total. The first kappa shape index (κ1) is 14.7. The third kappa shape index (κ3) is 3.17. The van der Waals surface area contributed by atoms with E-state index in [4.69, 9.17) is 0 Å². The molecule has 1 amide bonds. The summed E-state index contributed by atoms with van der Waals surface area (Å²) < 4.78 is 0. The second-order valence-electron chi connectivity index (χ2n) is 6.05. The van der Waals surface area contributed by atoms with Crippen LogP contribution in [0.2, 0.25) is 0 Å². The van der Waals surface area contributed by atoms with Crippen LogP contribution in [-0.4, -0.2) is 35.5 Å². The number of carbonyl (C=O) groups is 1. The number of nitrogens with zero attached hydrogens (tertiary/aromatic N) is 1. The lowest BCUT2D eigenvalue weighted by atomic mass is 10.2. The highest BCUT2D eigenvalue weighted by atomic mass is 16.2. The van der Waals surface area contributed by atoms with Crippen LogP contribution in [0.1, 0.15) is 31.6 Å². The molecule has 1 heterocycles. The Morgan fingerprint density at radius 1 is 1.45 bits per heavy atom. The zero-order chi connectivity index (χ0) is 15.7. The number of quaternary nitrogens is 1. The Labute approximate surface area is 128 Å². The van der Waals surface area contributed by atoms with Crippen molar-refractivity contribution in [3.63, 3.8) is 0 Å². The maximum absolute atomic E-state index is 12.1. The van der Waals surface area contributed by atoms with Gasteiger partial charge in [-0.15, -0.1) is 0 Å². The maximum atomic E-state index is 12.1. The number of rotatable bonds is 5. The highest BCUT2D eigenvalue weighted by molar-refractivity contribution is 5.78. The van der Waals surface area contributed by atoms with Gasteiger partial charge >= 0.3 is 0 Å². The van der Waals surface area contributed by atoms with Crippen molar-refractivity contribution in [1.29, 1.82) is 0 Å². The molecule has 1 aliphatic carbocycles. The van der Waals surface area contributed by atoms with Crippen LogP contribution in [0, 0.1) is 0 Å². The highest BCUT2D eigenvalue weighted by Gasteiger charge is 2.26. The molecule has 6 heteroatoms. The van der Waals surface area contributed by atoms with E-state index in [1.807, 2.05) is 32.2 Å². The van der Waals surface area contributed by atoms with Crippen LogP contribution in [0.25, 0.3) is 10.9 Å². The number of hydrogen-bond donors (Lipinski definition) is 3. The summed E-state index contributed by atoms with van der Waals surface area (Å²) in [6.45, 7) is 2.33. The Hall–Kier alpha value is -2.21.